The number of benzene rings is 1. The summed E-state index contributed by atoms with van der Waals surface area (Å²) in [5.74, 6) is 1.18. The van der Waals surface area contributed by atoms with Crippen molar-refractivity contribution in [1.82, 2.24) is 0 Å². The highest BCUT2D eigenvalue weighted by Crippen LogP contribution is 2.15. The SMILES string of the molecule is COc1ccc(C[C@@H](O)C(O)CC(C)C)cc1. The minimum absolute atomic E-state index is 0.385. The Kier molecular flexibility index (Phi) is 5.45. The first kappa shape index (κ1) is 14.0. The molecule has 0 heterocycles. The van der Waals surface area contributed by atoms with E-state index in [9.17, 15) is 10.2 Å². The average molecular weight is 238 g/mol. The molecule has 0 fully saturated rings. The van der Waals surface area contributed by atoms with Crippen LogP contribution in [0.1, 0.15) is 25.8 Å². The van der Waals surface area contributed by atoms with E-state index in [4.69, 9.17) is 4.74 Å². The summed E-state index contributed by atoms with van der Waals surface area (Å²) >= 11 is 0. The van der Waals surface area contributed by atoms with Gasteiger partial charge in [-0.05, 0) is 30.0 Å². The Hall–Kier alpha value is -1.06. The lowest BCUT2D eigenvalue weighted by atomic mass is 9.97. The van der Waals surface area contributed by atoms with Crippen LogP contribution in [0.2, 0.25) is 0 Å². The van der Waals surface area contributed by atoms with Gasteiger partial charge in [0, 0.05) is 6.42 Å². The maximum absolute atomic E-state index is 9.87. The molecule has 0 aliphatic rings. The fourth-order valence-electron chi connectivity index (χ4n) is 1.78. The topological polar surface area (TPSA) is 49.7 Å². The second kappa shape index (κ2) is 6.62. The molecule has 0 aliphatic carbocycles. The second-order valence-electron chi connectivity index (χ2n) is 4.82. The van der Waals surface area contributed by atoms with Crippen LogP contribution in [-0.2, 0) is 6.42 Å². The first-order valence-corrected chi connectivity index (χ1v) is 6.02. The van der Waals surface area contributed by atoms with Crippen LogP contribution in [0.15, 0.2) is 24.3 Å². The van der Waals surface area contributed by atoms with Crippen LogP contribution in [0.3, 0.4) is 0 Å². The monoisotopic (exact) mass is 238 g/mol. The fourth-order valence-corrected chi connectivity index (χ4v) is 1.78. The number of aliphatic hydroxyl groups excluding tert-OH is 2. The van der Waals surface area contributed by atoms with Gasteiger partial charge in [-0.15, -0.1) is 0 Å². The van der Waals surface area contributed by atoms with Crippen LogP contribution in [0.25, 0.3) is 0 Å². The van der Waals surface area contributed by atoms with Gasteiger partial charge in [-0.1, -0.05) is 26.0 Å². The van der Waals surface area contributed by atoms with Crippen molar-refractivity contribution < 1.29 is 14.9 Å². The predicted molar refractivity (Wildman–Crippen MR) is 68.2 cm³/mol. The van der Waals surface area contributed by atoms with E-state index >= 15 is 0 Å². The molecule has 1 aromatic rings. The van der Waals surface area contributed by atoms with Crippen molar-refractivity contribution in [2.24, 2.45) is 5.92 Å². The number of rotatable bonds is 6. The highest BCUT2D eigenvalue weighted by atomic mass is 16.5. The molecule has 3 heteroatoms. The quantitative estimate of drug-likeness (QED) is 0.797. The highest BCUT2D eigenvalue weighted by Gasteiger charge is 2.17. The number of ether oxygens (including phenoxy) is 1. The standard InChI is InChI=1S/C14H22O3/c1-10(2)8-13(15)14(16)9-11-4-6-12(17-3)7-5-11/h4-7,10,13-16H,8-9H2,1-3H3/t13?,14-/m1/s1. The molecule has 0 saturated heterocycles. The van der Waals surface area contributed by atoms with E-state index in [-0.39, 0.29) is 0 Å². The molecule has 1 rings (SSSR count). The Morgan fingerprint density at radius 3 is 2.12 bits per heavy atom. The summed E-state index contributed by atoms with van der Waals surface area (Å²) in [6, 6.07) is 7.53. The van der Waals surface area contributed by atoms with Crippen LogP contribution in [0, 0.1) is 5.92 Å². The lowest BCUT2D eigenvalue weighted by Gasteiger charge is -2.19. The molecule has 0 aromatic heterocycles. The summed E-state index contributed by atoms with van der Waals surface area (Å²) in [7, 11) is 1.62. The van der Waals surface area contributed by atoms with Crippen molar-refractivity contribution in [3.63, 3.8) is 0 Å². The van der Waals surface area contributed by atoms with Crippen LogP contribution in [0.4, 0.5) is 0 Å². The molecule has 0 amide bonds. The molecule has 3 nitrogen and oxygen atoms in total. The molecular formula is C14H22O3. The Labute approximate surface area is 103 Å². The Morgan fingerprint density at radius 1 is 1.06 bits per heavy atom. The van der Waals surface area contributed by atoms with Gasteiger partial charge in [0.15, 0.2) is 0 Å². The van der Waals surface area contributed by atoms with Crippen molar-refractivity contribution in [3.05, 3.63) is 29.8 Å². The van der Waals surface area contributed by atoms with E-state index in [1.165, 1.54) is 0 Å². The van der Waals surface area contributed by atoms with Gasteiger partial charge in [-0.25, -0.2) is 0 Å². The maximum atomic E-state index is 9.87. The van der Waals surface area contributed by atoms with Gasteiger partial charge < -0.3 is 14.9 Å². The van der Waals surface area contributed by atoms with E-state index in [0.29, 0.717) is 18.8 Å². The van der Waals surface area contributed by atoms with Gasteiger partial charge in [0.1, 0.15) is 5.75 Å². The number of methoxy groups -OCH3 is 1. The first-order chi connectivity index (χ1) is 8.02. The Morgan fingerprint density at radius 2 is 1.65 bits per heavy atom. The molecule has 2 N–H and O–H groups in total. The minimum Gasteiger partial charge on any atom is -0.497 e. The Bertz CT molecular complexity index is 319. The molecule has 2 atom stereocenters. The van der Waals surface area contributed by atoms with Gasteiger partial charge in [0.2, 0.25) is 0 Å². The van der Waals surface area contributed by atoms with Crippen molar-refractivity contribution in [2.75, 3.05) is 7.11 Å². The number of hydrogen-bond donors (Lipinski definition) is 2. The normalized spacial score (nSPS) is 14.7. The van der Waals surface area contributed by atoms with Crippen molar-refractivity contribution in [1.29, 1.82) is 0 Å². The molecule has 0 radical (unpaired) electrons. The second-order valence-corrected chi connectivity index (χ2v) is 4.82. The molecular weight excluding hydrogens is 216 g/mol. The summed E-state index contributed by atoms with van der Waals surface area (Å²) < 4.78 is 5.06. The van der Waals surface area contributed by atoms with Crippen LogP contribution in [0.5, 0.6) is 5.75 Å². The van der Waals surface area contributed by atoms with Gasteiger partial charge >= 0.3 is 0 Å². The summed E-state index contributed by atoms with van der Waals surface area (Å²) in [4.78, 5) is 0. The number of aliphatic hydroxyl groups is 2. The average Bonchev–Trinajstić information content (AvgIpc) is 2.29. The maximum Gasteiger partial charge on any atom is 0.118 e. The molecule has 0 bridgehead atoms. The zero-order valence-corrected chi connectivity index (χ0v) is 10.8. The summed E-state index contributed by atoms with van der Waals surface area (Å²) in [6.07, 6.45) is -0.266. The van der Waals surface area contributed by atoms with Gasteiger partial charge in [-0.3, -0.25) is 0 Å². The van der Waals surface area contributed by atoms with Gasteiger partial charge in [0.05, 0.1) is 19.3 Å². The van der Waals surface area contributed by atoms with E-state index in [0.717, 1.165) is 11.3 Å². The molecule has 0 aliphatic heterocycles. The smallest absolute Gasteiger partial charge is 0.118 e. The Balaban J connectivity index is 2.51. The van der Waals surface area contributed by atoms with E-state index in [1.807, 2.05) is 38.1 Å². The third-order valence-electron chi connectivity index (χ3n) is 2.76. The zero-order chi connectivity index (χ0) is 12.8. The number of hydrogen-bond acceptors (Lipinski definition) is 3. The lowest BCUT2D eigenvalue weighted by Crippen LogP contribution is -2.29. The van der Waals surface area contributed by atoms with Crippen molar-refractivity contribution >= 4 is 0 Å². The van der Waals surface area contributed by atoms with E-state index < -0.39 is 12.2 Å². The highest BCUT2D eigenvalue weighted by molar-refractivity contribution is 5.27. The third kappa shape index (κ3) is 4.75. The molecule has 0 saturated carbocycles. The van der Waals surface area contributed by atoms with Gasteiger partial charge in [-0.2, -0.15) is 0 Å². The summed E-state index contributed by atoms with van der Waals surface area (Å²) in [6.45, 7) is 4.06. The van der Waals surface area contributed by atoms with Crippen LogP contribution < -0.4 is 4.74 Å². The fraction of sp³-hybridized carbons (Fsp3) is 0.571. The first-order valence-electron chi connectivity index (χ1n) is 6.02. The van der Waals surface area contributed by atoms with Crippen molar-refractivity contribution in [3.8, 4) is 5.75 Å². The lowest BCUT2D eigenvalue weighted by molar-refractivity contribution is 0.00815. The van der Waals surface area contributed by atoms with E-state index in [2.05, 4.69) is 0 Å². The van der Waals surface area contributed by atoms with Crippen LogP contribution in [-0.4, -0.2) is 29.5 Å². The minimum atomic E-state index is -0.703. The zero-order valence-electron chi connectivity index (χ0n) is 10.8. The summed E-state index contributed by atoms with van der Waals surface area (Å²) in [5.41, 5.74) is 1.00. The van der Waals surface area contributed by atoms with Crippen molar-refractivity contribution in [2.45, 2.75) is 38.9 Å². The van der Waals surface area contributed by atoms with Crippen LogP contribution >= 0.6 is 0 Å². The summed E-state index contributed by atoms with van der Waals surface area (Å²) in [5, 5.41) is 19.6. The molecule has 96 valence electrons. The molecule has 1 aromatic carbocycles. The molecule has 1 unspecified atom stereocenters. The largest absolute Gasteiger partial charge is 0.497 e. The van der Waals surface area contributed by atoms with Gasteiger partial charge in [0.25, 0.3) is 0 Å². The predicted octanol–water partition coefficient (Wildman–Crippen LogP) is 2.01. The molecule has 17 heavy (non-hydrogen) atoms. The third-order valence-corrected chi connectivity index (χ3v) is 2.76. The van der Waals surface area contributed by atoms with E-state index in [1.54, 1.807) is 7.11 Å². The molecule has 0 spiro atoms.